The van der Waals surface area contributed by atoms with Crippen LogP contribution >= 0.6 is 0 Å². The molecule has 0 aliphatic heterocycles. The number of allylic oxidation sites excluding steroid dienone is 1. The number of aromatic nitrogens is 1. The lowest BCUT2D eigenvalue weighted by Crippen LogP contribution is -1.98. The number of nitrogens with one attached hydrogen (secondary N) is 1. The van der Waals surface area contributed by atoms with Gasteiger partial charge in [-0.1, -0.05) is 19.1 Å². The van der Waals surface area contributed by atoms with Crippen LogP contribution in [0.3, 0.4) is 0 Å². The lowest BCUT2D eigenvalue weighted by molar-refractivity contribution is -0.134. The lowest BCUT2D eigenvalue weighted by Gasteiger charge is -2.10. The molecule has 1 atom stereocenters. The molecule has 94 valence electrons. The molecule has 0 aliphatic rings. The van der Waals surface area contributed by atoms with E-state index >= 15 is 0 Å². The first-order chi connectivity index (χ1) is 8.74. The summed E-state index contributed by atoms with van der Waals surface area (Å²) in [4.78, 5) is 14.3. The first-order valence-corrected chi connectivity index (χ1v) is 6.07. The summed E-state index contributed by atoms with van der Waals surface area (Å²) in [6.07, 6.45) is 6.28. The number of hydrogen-bond acceptors (Lipinski definition) is 2. The number of H-pyrrole nitrogens is 1. The highest BCUT2D eigenvalue weighted by molar-refractivity contribution is 5.82. The van der Waals surface area contributed by atoms with Gasteiger partial charge < -0.3 is 9.72 Å². The van der Waals surface area contributed by atoms with Crippen LogP contribution in [-0.4, -0.2) is 18.1 Å². The highest BCUT2D eigenvalue weighted by Crippen LogP contribution is 2.24. The van der Waals surface area contributed by atoms with Gasteiger partial charge in [-0.3, -0.25) is 0 Å². The van der Waals surface area contributed by atoms with Crippen LogP contribution in [0.4, 0.5) is 0 Å². The number of carbonyl (C=O) groups excluding carboxylic acids is 1. The van der Waals surface area contributed by atoms with Crippen molar-refractivity contribution in [1.82, 2.24) is 4.98 Å². The summed E-state index contributed by atoms with van der Waals surface area (Å²) in [5.74, 6) is -0.0698. The maximum Gasteiger partial charge on any atom is 0.330 e. The number of ether oxygens (including phenoxy) is 1. The zero-order chi connectivity index (χ0) is 13.0. The molecule has 0 spiro atoms. The molecule has 0 radical (unpaired) electrons. The summed E-state index contributed by atoms with van der Waals surface area (Å²) in [7, 11) is 1.39. The number of benzene rings is 1. The lowest BCUT2D eigenvalue weighted by atomic mass is 9.95. The van der Waals surface area contributed by atoms with Crippen LogP contribution in [0, 0.1) is 0 Å². The van der Waals surface area contributed by atoms with E-state index in [1.165, 1.54) is 24.1 Å². The highest BCUT2D eigenvalue weighted by Gasteiger charge is 2.07. The van der Waals surface area contributed by atoms with E-state index in [1.54, 1.807) is 0 Å². The fourth-order valence-electron chi connectivity index (χ4n) is 2.05. The second kappa shape index (κ2) is 5.54. The fourth-order valence-corrected chi connectivity index (χ4v) is 2.05. The van der Waals surface area contributed by atoms with E-state index in [-0.39, 0.29) is 11.9 Å². The quantitative estimate of drug-likeness (QED) is 0.660. The van der Waals surface area contributed by atoms with Crippen molar-refractivity contribution in [2.45, 2.75) is 19.3 Å². The molecular formula is C15H17NO2. The van der Waals surface area contributed by atoms with E-state index < -0.39 is 0 Å². The Labute approximate surface area is 106 Å². The first-order valence-electron chi connectivity index (χ1n) is 6.07. The highest BCUT2D eigenvalue weighted by atomic mass is 16.5. The van der Waals surface area contributed by atoms with E-state index in [0.29, 0.717) is 0 Å². The average molecular weight is 243 g/mol. The van der Waals surface area contributed by atoms with Gasteiger partial charge in [0.15, 0.2) is 0 Å². The topological polar surface area (TPSA) is 42.1 Å². The number of fused-ring (bicyclic) bond motifs is 1. The molecule has 0 fully saturated rings. The van der Waals surface area contributed by atoms with E-state index in [9.17, 15) is 4.79 Å². The molecule has 18 heavy (non-hydrogen) atoms. The zero-order valence-corrected chi connectivity index (χ0v) is 10.6. The molecule has 0 saturated carbocycles. The van der Waals surface area contributed by atoms with Gasteiger partial charge in [0, 0.05) is 23.7 Å². The van der Waals surface area contributed by atoms with Crippen LogP contribution in [0.1, 0.15) is 24.8 Å². The Morgan fingerprint density at radius 1 is 1.44 bits per heavy atom. The number of rotatable bonds is 4. The summed E-state index contributed by atoms with van der Waals surface area (Å²) in [5.41, 5.74) is 2.34. The predicted octanol–water partition coefficient (Wildman–Crippen LogP) is 3.39. The summed E-state index contributed by atoms with van der Waals surface area (Å²) >= 11 is 0. The maximum atomic E-state index is 11.1. The van der Waals surface area contributed by atoms with Gasteiger partial charge in [0.2, 0.25) is 0 Å². The Balaban J connectivity index is 2.26. The number of methoxy groups -OCH3 is 1. The molecule has 1 aromatic heterocycles. The van der Waals surface area contributed by atoms with Crippen LogP contribution in [0.15, 0.2) is 42.6 Å². The molecule has 1 unspecified atom stereocenters. The predicted molar refractivity (Wildman–Crippen MR) is 72.5 cm³/mol. The average Bonchev–Trinajstić information content (AvgIpc) is 2.86. The van der Waals surface area contributed by atoms with E-state index in [1.807, 2.05) is 12.3 Å². The molecular weight excluding hydrogens is 226 g/mol. The van der Waals surface area contributed by atoms with Crippen molar-refractivity contribution in [3.05, 3.63) is 48.2 Å². The summed E-state index contributed by atoms with van der Waals surface area (Å²) in [6, 6.07) is 8.37. The molecule has 2 rings (SSSR count). The number of esters is 1. The third kappa shape index (κ3) is 2.62. The van der Waals surface area contributed by atoms with Crippen LogP contribution < -0.4 is 0 Å². The molecule has 0 bridgehead atoms. The molecule has 3 nitrogen and oxygen atoms in total. The van der Waals surface area contributed by atoms with Gasteiger partial charge in [0.05, 0.1) is 7.11 Å². The summed E-state index contributed by atoms with van der Waals surface area (Å²) in [6.45, 7) is 2.10. The van der Waals surface area contributed by atoms with Gasteiger partial charge in [-0.25, -0.2) is 4.79 Å². The van der Waals surface area contributed by atoms with E-state index in [2.05, 4.69) is 40.9 Å². The SMILES string of the molecule is CCC(/C=C/C(=O)OC)c1ccc2[nH]ccc2c1. The largest absolute Gasteiger partial charge is 0.466 e. The van der Waals surface area contributed by atoms with Crippen molar-refractivity contribution in [3.63, 3.8) is 0 Å². The molecule has 0 amide bonds. The van der Waals surface area contributed by atoms with Crippen molar-refractivity contribution < 1.29 is 9.53 Å². The molecule has 1 aromatic carbocycles. The number of aromatic amines is 1. The third-order valence-electron chi connectivity index (χ3n) is 3.11. The van der Waals surface area contributed by atoms with Crippen molar-refractivity contribution >= 4 is 16.9 Å². The Kier molecular flexibility index (Phi) is 3.82. The maximum absolute atomic E-state index is 11.1. The van der Waals surface area contributed by atoms with Crippen LogP contribution in [0.5, 0.6) is 0 Å². The summed E-state index contributed by atoms with van der Waals surface area (Å²) in [5, 5.41) is 1.19. The van der Waals surface area contributed by atoms with Gasteiger partial charge in [-0.05, 0) is 35.6 Å². The van der Waals surface area contributed by atoms with Gasteiger partial charge >= 0.3 is 5.97 Å². The Hall–Kier alpha value is -2.03. The molecule has 1 N–H and O–H groups in total. The smallest absolute Gasteiger partial charge is 0.330 e. The Morgan fingerprint density at radius 3 is 3.00 bits per heavy atom. The van der Waals surface area contributed by atoms with E-state index in [4.69, 9.17) is 0 Å². The Bertz CT molecular complexity index is 569. The van der Waals surface area contributed by atoms with Crippen molar-refractivity contribution in [1.29, 1.82) is 0 Å². The molecule has 0 saturated heterocycles. The third-order valence-corrected chi connectivity index (χ3v) is 3.11. The minimum absolute atomic E-state index is 0.239. The second-order valence-corrected chi connectivity index (χ2v) is 4.22. The van der Waals surface area contributed by atoms with E-state index in [0.717, 1.165) is 11.9 Å². The minimum Gasteiger partial charge on any atom is -0.466 e. The minimum atomic E-state index is -0.309. The molecule has 3 heteroatoms. The van der Waals surface area contributed by atoms with Gasteiger partial charge in [0.25, 0.3) is 0 Å². The monoisotopic (exact) mass is 243 g/mol. The van der Waals surface area contributed by atoms with Gasteiger partial charge in [-0.2, -0.15) is 0 Å². The van der Waals surface area contributed by atoms with Crippen LogP contribution in [-0.2, 0) is 9.53 Å². The van der Waals surface area contributed by atoms with Crippen LogP contribution in [0.2, 0.25) is 0 Å². The summed E-state index contributed by atoms with van der Waals surface area (Å²) < 4.78 is 4.61. The second-order valence-electron chi connectivity index (χ2n) is 4.22. The first kappa shape index (κ1) is 12.4. The normalized spacial score (nSPS) is 13.0. The zero-order valence-electron chi connectivity index (χ0n) is 10.6. The fraction of sp³-hybridized carbons (Fsp3) is 0.267. The van der Waals surface area contributed by atoms with Gasteiger partial charge in [0.1, 0.15) is 0 Å². The Morgan fingerprint density at radius 2 is 2.28 bits per heavy atom. The van der Waals surface area contributed by atoms with Gasteiger partial charge in [-0.15, -0.1) is 0 Å². The van der Waals surface area contributed by atoms with Crippen molar-refractivity contribution in [2.24, 2.45) is 0 Å². The molecule has 1 heterocycles. The molecule has 2 aromatic rings. The van der Waals surface area contributed by atoms with Crippen LogP contribution in [0.25, 0.3) is 10.9 Å². The van der Waals surface area contributed by atoms with Crippen molar-refractivity contribution in [2.75, 3.05) is 7.11 Å². The molecule has 0 aliphatic carbocycles. The number of hydrogen-bond donors (Lipinski definition) is 1. The standard InChI is InChI=1S/C15H17NO2/c1-3-11(5-7-15(17)18-2)12-4-6-14-13(10-12)8-9-16-14/h4-11,16H,3H2,1-2H3/b7-5+. The van der Waals surface area contributed by atoms with Crippen molar-refractivity contribution in [3.8, 4) is 0 Å². The number of carbonyl (C=O) groups is 1.